The first-order valence-electron chi connectivity index (χ1n) is 6.40. The van der Waals surface area contributed by atoms with E-state index in [0.717, 1.165) is 0 Å². The van der Waals surface area contributed by atoms with Gasteiger partial charge in [0.1, 0.15) is 4.90 Å². The summed E-state index contributed by atoms with van der Waals surface area (Å²) in [5.41, 5.74) is 5.69. The van der Waals surface area contributed by atoms with Gasteiger partial charge in [0.25, 0.3) is 0 Å². The molecule has 0 amide bonds. The third-order valence-corrected chi connectivity index (χ3v) is 4.87. The molecule has 1 unspecified atom stereocenters. The second-order valence-corrected chi connectivity index (χ2v) is 7.59. The fourth-order valence-corrected chi connectivity index (χ4v) is 2.61. The summed E-state index contributed by atoms with van der Waals surface area (Å²) in [4.78, 5) is 0.0514. The Bertz CT molecular complexity index is 528. The van der Waals surface area contributed by atoms with Gasteiger partial charge in [-0.25, -0.2) is 13.1 Å². The van der Waals surface area contributed by atoms with E-state index in [4.69, 9.17) is 5.73 Å². The number of nitrogen functional groups attached to an aromatic ring is 1. The topological polar surface area (TPSA) is 90.0 Å². The second kappa shape index (κ2) is 5.50. The summed E-state index contributed by atoms with van der Waals surface area (Å²) in [6, 6.07) is 0. The van der Waals surface area contributed by atoms with E-state index in [-0.39, 0.29) is 22.0 Å². The van der Waals surface area contributed by atoms with Crippen LogP contribution in [0.5, 0.6) is 0 Å². The first-order valence-corrected chi connectivity index (χ1v) is 7.89. The van der Waals surface area contributed by atoms with Crippen LogP contribution < -0.4 is 10.5 Å². The molecule has 1 atom stereocenters. The Morgan fingerprint density at radius 1 is 1.47 bits per heavy atom. The van der Waals surface area contributed by atoms with Crippen molar-refractivity contribution in [2.24, 2.45) is 11.3 Å². The van der Waals surface area contributed by atoms with Crippen LogP contribution >= 0.6 is 0 Å². The lowest BCUT2D eigenvalue weighted by Gasteiger charge is -2.27. The van der Waals surface area contributed by atoms with Gasteiger partial charge in [-0.15, -0.1) is 0 Å². The number of aryl methyl sites for hydroxylation is 1. The van der Waals surface area contributed by atoms with Crippen LogP contribution in [-0.2, 0) is 16.6 Å². The average molecular weight is 288 g/mol. The summed E-state index contributed by atoms with van der Waals surface area (Å²) < 4.78 is 28.4. The van der Waals surface area contributed by atoms with Gasteiger partial charge in [-0.2, -0.15) is 5.10 Å². The molecule has 3 N–H and O–H groups in total. The highest BCUT2D eigenvalue weighted by Gasteiger charge is 2.25. The molecule has 0 saturated carbocycles. The molecule has 19 heavy (non-hydrogen) atoms. The second-order valence-electron chi connectivity index (χ2n) is 5.85. The molecule has 0 aliphatic carbocycles. The Labute approximate surface area is 115 Å². The summed E-state index contributed by atoms with van der Waals surface area (Å²) in [6.45, 7) is 11.1. The monoisotopic (exact) mass is 288 g/mol. The zero-order valence-electron chi connectivity index (χ0n) is 12.3. The number of nitrogens with two attached hydrogens (primary N) is 1. The highest BCUT2D eigenvalue weighted by molar-refractivity contribution is 7.89. The van der Waals surface area contributed by atoms with E-state index in [1.54, 1.807) is 0 Å². The van der Waals surface area contributed by atoms with Crippen LogP contribution in [0.2, 0.25) is 0 Å². The zero-order valence-corrected chi connectivity index (χ0v) is 13.1. The number of sulfonamides is 1. The zero-order chi connectivity index (χ0) is 14.8. The van der Waals surface area contributed by atoms with Crippen molar-refractivity contribution in [2.45, 2.75) is 46.1 Å². The van der Waals surface area contributed by atoms with Crippen molar-refractivity contribution in [2.75, 3.05) is 12.3 Å². The van der Waals surface area contributed by atoms with Crippen molar-refractivity contribution in [1.29, 1.82) is 0 Å². The maximum Gasteiger partial charge on any atom is 0.245 e. The number of aromatic nitrogens is 2. The first kappa shape index (κ1) is 16.0. The minimum atomic E-state index is -3.59. The van der Waals surface area contributed by atoms with E-state index in [0.29, 0.717) is 13.1 Å². The van der Waals surface area contributed by atoms with Crippen LogP contribution in [0.1, 0.15) is 34.6 Å². The van der Waals surface area contributed by atoms with Gasteiger partial charge < -0.3 is 5.73 Å². The number of hydrogen-bond acceptors (Lipinski definition) is 4. The summed E-state index contributed by atoms with van der Waals surface area (Å²) in [6.07, 6.45) is 1.46. The van der Waals surface area contributed by atoms with Crippen molar-refractivity contribution in [3.05, 3.63) is 6.20 Å². The molecule has 7 heteroatoms. The molecule has 0 radical (unpaired) electrons. The molecule has 0 saturated heterocycles. The molecule has 6 nitrogen and oxygen atoms in total. The molecule has 0 bridgehead atoms. The number of nitrogens with zero attached hydrogens (tertiary/aromatic N) is 2. The fraction of sp³-hybridized carbons (Fsp3) is 0.750. The largest absolute Gasteiger partial charge is 0.381 e. The van der Waals surface area contributed by atoms with Crippen LogP contribution in [0.15, 0.2) is 11.1 Å². The molecule has 0 fully saturated rings. The maximum atomic E-state index is 12.2. The molecular weight excluding hydrogens is 264 g/mol. The van der Waals surface area contributed by atoms with Crippen LogP contribution in [-0.4, -0.2) is 24.7 Å². The minimum Gasteiger partial charge on any atom is -0.381 e. The van der Waals surface area contributed by atoms with E-state index < -0.39 is 10.0 Å². The molecule has 0 aliphatic heterocycles. The highest BCUT2D eigenvalue weighted by atomic mass is 32.2. The Balaban J connectivity index is 2.84. The molecule has 1 aromatic heterocycles. The Kier molecular flexibility index (Phi) is 4.63. The number of rotatable bonds is 5. The predicted molar refractivity (Wildman–Crippen MR) is 76.1 cm³/mol. The third-order valence-electron chi connectivity index (χ3n) is 3.43. The number of nitrogens with one attached hydrogen (secondary N) is 1. The van der Waals surface area contributed by atoms with Crippen molar-refractivity contribution in [3.63, 3.8) is 0 Å². The Hall–Kier alpha value is -1.08. The lowest BCUT2D eigenvalue weighted by molar-refractivity contribution is 0.263. The van der Waals surface area contributed by atoms with Crippen molar-refractivity contribution < 1.29 is 8.42 Å². The predicted octanol–water partition coefficient (Wildman–Crippen LogP) is 1.45. The molecule has 110 valence electrons. The third kappa shape index (κ3) is 3.94. The average Bonchev–Trinajstić information content (AvgIpc) is 2.67. The molecule has 0 aromatic carbocycles. The summed E-state index contributed by atoms with van der Waals surface area (Å²) in [5.74, 6) is 0.252. The first-order chi connectivity index (χ1) is 8.58. The van der Waals surface area contributed by atoms with Gasteiger partial charge in [0, 0.05) is 19.3 Å². The van der Waals surface area contributed by atoms with E-state index in [9.17, 15) is 8.42 Å². The van der Waals surface area contributed by atoms with Gasteiger partial charge in [-0.1, -0.05) is 27.7 Å². The van der Waals surface area contributed by atoms with Gasteiger partial charge in [0.05, 0.1) is 0 Å². The van der Waals surface area contributed by atoms with Crippen molar-refractivity contribution >= 4 is 15.8 Å². The molecule has 1 heterocycles. The molecule has 0 spiro atoms. The molecule has 1 rings (SSSR count). The normalized spacial score (nSPS) is 14.6. The number of hydrogen-bond donors (Lipinski definition) is 2. The SMILES string of the molecule is CCn1cc(S(=O)(=O)NCC(C)C(C)(C)C)c(N)n1. The van der Waals surface area contributed by atoms with E-state index in [1.165, 1.54) is 10.9 Å². The van der Waals surface area contributed by atoms with Crippen LogP contribution in [0.3, 0.4) is 0 Å². The van der Waals surface area contributed by atoms with E-state index in [2.05, 4.69) is 30.6 Å². The number of anilines is 1. The van der Waals surface area contributed by atoms with Gasteiger partial charge in [0.2, 0.25) is 10.0 Å². The Morgan fingerprint density at radius 3 is 2.47 bits per heavy atom. The van der Waals surface area contributed by atoms with Gasteiger partial charge in [-0.3, -0.25) is 4.68 Å². The van der Waals surface area contributed by atoms with Crippen LogP contribution in [0, 0.1) is 11.3 Å². The van der Waals surface area contributed by atoms with Crippen LogP contribution in [0.4, 0.5) is 5.82 Å². The summed E-state index contributed by atoms with van der Waals surface area (Å²) >= 11 is 0. The minimum absolute atomic E-state index is 0.0396. The van der Waals surface area contributed by atoms with Gasteiger partial charge in [0.15, 0.2) is 5.82 Å². The van der Waals surface area contributed by atoms with Crippen molar-refractivity contribution in [3.8, 4) is 0 Å². The van der Waals surface area contributed by atoms with E-state index >= 15 is 0 Å². The van der Waals surface area contributed by atoms with E-state index in [1.807, 2.05) is 13.8 Å². The molecule has 1 aromatic rings. The molecule has 0 aliphatic rings. The lowest BCUT2D eigenvalue weighted by Crippen LogP contribution is -2.33. The maximum absolute atomic E-state index is 12.2. The molecular formula is C12H24N4O2S. The quantitative estimate of drug-likeness (QED) is 0.858. The van der Waals surface area contributed by atoms with Gasteiger partial charge in [-0.05, 0) is 18.3 Å². The van der Waals surface area contributed by atoms with Crippen molar-refractivity contribution in [1.82, 2.24) is 14.5 Å². The van der Waals surface area contributed by atoms with Crippen LogP contribution in [0.25, 0.3) is 0 Å². The smallest absolute Gasteiger partial charge is 0.245 e. The summed E-state index contributed by atoms with van der Waals surface area (Å²) in [7, 11) is -3.59. The standard InChI is InChI=1S/C12H24N4O2S/c1-6-16-8-10(11(13)15-16)19(17,18)14-7-9(2)12(3,4)5/h8-9,14H,6-7H2,1-5H3,(H2,13,15). The lowest BCUT2D eigenvalue weighted by atomic mass is 9.82. The highest BCUT2D eigenvalue weighted by Crippen LogP contribution is 2.25. The summed E-state index contributed by atoms with van der Waals surface area (Å²) in [5, 5.41) is 3.95. The Morgan fingerprint density at radius 2 is 2.05 bits per heavy atom. The fourth-order valence-electron chi connectivity index (χ4n) is 1.41. The van der Waals surface area contributed by atoms with Gasteiger partial charge >= 0.3 is 0 Å².